The zero-order valence-corrected chi connectivity index (χ0v) is 18.2. The lowest BCUT2D eigenvalue weighted by Gasteiger charge is -2.48. The molecule has 0 saturated carbocycles. The Kier molecular flexibility index (Phi) is 4.92. The topological polar surface area (TPSA) is 75.9 Å². The molecular weight excluding hydrogens is 466 g/mol. The molecule has 182 valence electrons. The standard InChI is InChI=1S/C20H20F6N8/c1-11-16-17(34(31-11)10-19(21,22)23)30-15(6-27-16)33-8-18(9-33)3-4-32(7-18)14-5-13(20(24,25)26)28-12(2)29-14/h5-6H,3-4,7-10H2,1-2H3. The molecular formula is C20H20F6N8. The van der Waals surface area contributed by atoms with Gasteiger partial charge in [-0.25, -0.2) is 24.6 Å². The molecule has 5 heterocycles. The lowest BCUT2D eigenvalue weighted by molar-refractivity contribution is -0.142. The average molecular weight is 486 g/mol. The van der Waals surface area contributed by atoms with E-state index in [0.717, 1.165) is 17.2 Å². The second-order valence-corrected chi connectivity index (χ2v) is 8.94. The number of hydrogen-bond donors (Lipinski definition) is 0. The van der Waals surface area contributed by atoms with Crippen LogP contribution in [0.2, 0.25) is 0 Å². The van der Waals surface area contributed by atoms with E-state index in [0.29, 0.717) is 43.2 Å². The molecule has 34 heavy (non-hydrogen) atoms. The van der Waals surface area contributed by atoms with Crippen LogP contribution < -0.4 is 9.80 Å². The minimum Gasteiger partial charge on any atom is -0.356 e. The first kappa shape index (κ1) is 22.6. The first-order valence-corrected chi connectivity index (χ1v) is 10.5. The maximum absolute atomic E-state index is 13.1. The van der Waals surface area contributed by atoms with Gasteiger partial charge >= 0.3 is 12.4 Å². The zero-order chi connectivity index (χ0) is 24.5. The van der Waals surface area contributed by atoms with Gasteiger partial charge in [-0.05, 0) is 20.3 Å². The quantitative estimate of drug-likeness (QED) is 0.525. The van der Waals surface area contributed by atoms with Crippen molar-refractivity contribution in [3.8, 4) is 0 Å². The molecule has 14 heteroatoms. The van der Waals surface area contributed by atoms with Crippen LogP contribution in [0.25, 0.3) is 11.2 Å². The number of anilines is 2. The number of fused-ring (bicyclic) bond motifs is 1. The maximum Gasteiger partial charge on any atom is 0.433 e. The van der Waals surface area contributed by atoms with Crippen molar-refractivity contribution >= 4 is 22.8 Å². The number of hydrogen-bond acceptors (Lipinski definition) is 7. The molecule has 2 fully saturated rings. The summed E-state index contributed by atoms with van der Waals surface area (Å²) in [6, 6.07) is 0.964. The van der Waals surface area contributed by atoms with Gasteiger partial charge in [-0.1, -0.05) is 0 Å². The Morgan fingerprint density at radius 3 is 2.32 bits per heavy atom. The predicted octanol–water partition coefficient (Wildman–Crippen LogP) is 3.53. The number of rotatable bonds is 3. The van der Waals surface area contributed by atoms with E-state index < -0.39 is 24.6 Å². The van der Waals surface area contributed by atoms with Gasteiger partial charge in [0.25, 0.3) is 0 Å². The van der Waals surface area contributed by atoms with Gasteiger partial charge in [-0.3, -0.25) is 0 Å². The average Bonchev–Trinajstić information content (AvgIpc) is 3.27. The van der Waals surface area contributed by atoms with Gasteiger partial charge in [-0.15, -0.1) is 0 Å². The Bertz CT molecular complexity index is 1240. The second kappa shape index (κ2) is 7.40. The van der Waals surface area contributed by atoms with Crippen molar-refractivity contribution in [3.05, 3.63) is 29.5 Å². The van der Waals surface area contributed by atoms with Crippen LogP contribution in [0.1, 0.15) is 23.6 Å². The first-order valence-electron chi connectivity index (χ1n) is 10.5. The summed E-state index contributed by atoms with van der Waals surface area (Å²) in [6.45, 7) is 3.93. The molecule has 0 bridgehead atoms. The number of halogens is 6. The van der Waals surface area contributed by atoms with Crippen LogP contribution in [0.4, 0.5) is 38.0 Å². The molecule has 2 aliphatic rings. The van der Waals surface area contributed by atoms with E-state index >= 15 is 0 Å². The van der Waals surface area contributed by atoms with Crippen LogP contribution >= 0.6 is 0 Å². The fourth-order valence-corrected chi connectivity index (χ4v) is 4.69. The van der Waals surface area contributed by atoms with E-state index in [1.54, 1.807) is 6.92 Å². The van der Waals surface area contributed by atoms with Gasteiger partial charge in [-0.2, -0.15) is 31.4 Å². The van der Waals surface area contributed by atoms with Gasteiger partial charge in [0.05, 0.1) is 11.9 Å². The summed E-state index contributed by atoms with van der Waals surface area (Å²) in [5.74, 6) is 0.732. The Hall–Kier alpha value is -3.19. The van der Waals surface area contributed by atoms with E-state index in [1.165, 1.54) is 13.1 Å². The summed E-state index contributed by atoms with van der Waals surface area (Å²) in [4.78, 5) is 20.1. The molecule has 2 aliphatic heterocycles. The molecule has 0 radical (unpaired) electrons. The van der Waals surface area contributed by atoms with Crippen molar-refractivity contribution in [1.82, 2.24) is 29.7 Å². The molecule has 3 aromatic heterocycles. The minimum atomic E-state index is -4.55. The van der Waals surface area contributed by atoms with Crippen LogP contribution in [0.15, 0.2) is 12.3 Å². The maximum atomic E-state index is 13.1. The van der Waals surface area contributed by atoms with Gasteiger partial charge in [0.15, 0.2) is 5.65 Å². The second-order valence-electron chi connectivity index (χ2n) is 8.94. The highest BCUT2D eigenvalue weighted by atomic mass is 19.4. The summed E-state index contributed by atoms with van der Waals surface area (Å²) in [5.41, 5.74) is -0.396. The fourth-order valence-electron chi connectivity index (χ4n) is 4.69. The monoisotopic (exact) mass is 486 g/mol. The van der Waals surface area contributed by atoms with E-state index in [4.69, 9.17) is 0 Å². The highest BCUT2D eigenvalue weighted by molar-refractivity contribution is 5.75. The van der Waals surface area contributed by atoms with E-state index in [9.17, 15) is 26.3 Å². The lowest BCUT2D eigenvalue weighted by Crippen LogP contribution is -2.58. The van der Waals surface area contributed by atoms with Gasteiger partial charge < -0.3 is 9.80 Å². The Morgan fingerprint density at radius 2 is 1.65 bits per heavy atom. The molecule has 0 amide bonds. The molecule has 0 aromatic carbocycles. The predicted molar refractivity (Wildman–Crippen MR) is 109 cm³/mol. The van der Waals surface area contributed by atoms with Gasteiger partial charge in [0.2, 0.25) is 0 Å². The fraction of sp³-hybridized carbons (Fsp3) is 0.550. The van der Waals surface area contributed by atoms with Crippen molar-refractivity contribution in [2.75, 3.05) is 36.0 Å². The first-order chi connectivity index (χ1) is 15.8. The van der Waals surface area contributed by atoms with Crippen molar-refractivity contribution in [2.24, 2.45) is 5.41 Å². The SMILES string of the molecule is Cc1nc(N2CCC3(C2)CN(c2cnc4c(C)nn(CC(F)(F)F)c4n2)C3)cc(C(F)(F)F)n1. The molecule has 0 N–H and O–H groups in total. The molecule has 2 saturated heterocycles. The number of aryl methyl sites for hydroxylation is 2. The smallest absolute Gasteiger partial charge is 0.356 e. The Balaban J connectivity index is 1.32. The highest BCUT2D eigenvalue weighted by Crippen LogP contribution is 2.43. The highest BCUT2D eigenvalue weighted by Gasteiger charge is 2.49. The molecule has 0 aliphatic carbocycles. The summed E-state index contributed by atoms with van der Waals surface area (Å²) in [7, 11) is 0. The number of aromatic nitrogens is 6. The van der Waals surface area contributed by atoms with Crippen molar-refractivity contribution in [2.45, 2.75) is 39.2 Å². The molecule has 0 unspecified atom stereocenters. The summed E-state index contributed by atoms with van der Waals surface area (Å²) in [5, 5.41) is 3.92. The zero-order valence-electron chi connectivity index (χ0n) is 18.2. The van der Waals surface area contributed by atoms with Crippen LogP contribution in [0.3, 0.4) is 0 Å². The number of nitrogens with zero attached hydrogens (tertiary/aromatic N) is 8. The van der Waals surface area contributed by atoms with Crippen LogP contribution in [-0.2, 0) is 12.7 Å². The van der Waals surface area contributed by atoms with Crippen molar-refractivity contribution in [1.29, 1.82) is 0 Å². The third kappa shape index (κ3) is 4.09. The largest absolute Gasteiger partial charge is 0.433 e. The Morgan fingerprint density at radius 1 is 0.941 bits per heavy atom. The lowest BCUT2D eigenvalue weighted by atomic mass is 9.79. The third-order valence-corrected chi connectivity index (χ3v) is 6.18. The van der Waals surface area contributed by atoms with Crippen molar-refractivity contribution < 1.29 is 26.3 Å². The molecule has 0 atom stereocenters. The minimum absolute atomic E-state index is 0.0512. The normalized spacial score (nSPS) is 18.2. The third-order valence-electron chi connectivity index (χ3n) is 6.18. The molecule has 5 rings (SSSR count). The molecule has 8 nitrogen and oxygen atoms in total. The summed E-state index contributed by atoms with van der Waals surface area (Å²) in [6.07, 6.45) is -6.74. The summed E-state index contributed by atoms with van der Waals surface area (Å²) >= 11 is 0. The van der Waals surface area contributed by atoms with E-state index in [2.05, 4.69) is 25.0 Å². The van der Waals surface area contributed by atoms with E-state index in [-0.39, 0.29) is 22.7 Å². The summed E-state index contributed by atoms with van der Waals surface area (Å²) < 4.78 is 79.0. The molecule has 3 aromatic rings. The van der Waals surface area contributed by atoms with Crippen LogP contribution in [0, 0.1) is 19.3 Å². The van der Waals surface area contributed by atoms with E-state index in [1.807, 2.05) is 9.80 Å². The van der Waals surface area contributed by atoms with Crippen LogP contribution in [-0.4, -0.2) is 62.1 Å². The van der Waals surface area contributed by atoms with Crippen molar-refractivity contribution in [3.63, 3.8) is 0 Å². The van der Waals surface area contributed by atoms with Gasteiger partial charge in [0.1, 0.15) is 35.2 Å². The molecule has 1 spiro atoms. The Labute approximate surface area is 189 Å². The van der Waals surface area contributed by atoms with Crippen LogP contribution in [0.5, 0.6) is 0 Å². The van der Waals surface area contributed by atoms with Gasteiger partial charge in [0, 0.05) is 37.7 Å². The number of alkyl halides is 6.